The summed E-state index contributed by atoms with van der Waals surface area (Å²) in [5.74, 6) is 0.391. The van der Waals surface area contributed by atoms with E-state index in [1.807, 2.05) is 18.2 Å². The highest BCUT2D eigenvalue weighted by Crippen LogP contribution is 2.56. The van der Waals surface area contributed by atoms with Crippen molar-refractivity contribution in [3.8, 4) is 39.5 Å². The highest BCUT2D eigenvalue weighted by molar-refractivity contribution is 5.89. The molecular formula is C37H38O5. The number of fused-ring (bicyclic) bond motifs is 2. The zero-order valence-corrected chi connectivity index (χ0v) is 25.5. The summed E-state index contributed by atoms with van der Waals surface area (Å²) in [7, 11) is 0. The average Bonchev–Trinajstić information content (AvgIpc) is 2.91. The van der Waals surface area contributed by atoms with E-state index in [9.17, 15) is 19.8 Å². The van der Waals surface area contributed by atoms with Gasteiger partial charge in [0, 0.05) is 27.7 Å². The van der Waals surface area contributed by atoms with Crippen LogP contribution in [0.2, 0.25) is 0 Å². The normalized spacial score (nSPS) is 14.0. The molecule has 1 aliphatic heterocycles. The second-order valence-corrected chi connectivity index (χ2v) is 13.8. The summed E-state index contributed by atoms with van der Waals surface area (Å²) in [6.07, 6.45) is 0.659. The maximum Gasteiger partial charge on any atom is 0.335 e. The number of hydrogen-bond donors (Lipinski definition) is 2. The van der Waals surface area contributed by atoms with E-state index in [0.717, 1.165) is 50.3 Å². The van der Waals surface area contributed by atoms with Gasteiger partial charge in [-0.25, -0.2) is 4.79 Å². The lowest BCUT2D eigenvalue weighted by molar-refractivity contribution is 0.0696. The predicted octanol–water partition coefficient (Wildman–Crippen LogP) is 9.26. The Morgan fingerprint density at radius 2 is 1.21 bits per heavy atom. The molecule has 0 bridgehead atoms. The van der Waals surface area contributed by atoms with Crippen molar-refractivity contribution in [2.75, 3.05) is 0 Å². The van der Waals surface area contributed by atoms with E-state index in [2.05, 4.69) is 79.7 Å². The monoisotopic (exact) mass is 562 g/mol. The van der Waals surface area contributed by atoms with E-state index in [1.165, 1.54) is 0 Å². The predicted molar refractivity (Wildman–Crippen MR) is 167 cm³/mol. The van der Waals surface area contributed by atoms with E-state index in [-0.39, 0.29) is 27.7 Å². The van der Waals surface area contributed by atoms with Gasteiger partial charge in [0.05, 0.1) is 11.1 Å². The first-order valence-electron chi connectivity index (χ1n) is 14.2. The minimum Gasteiger partial charge on any atom is -0.507 e. The van der Waals surface area contributed by atoms with Crippen molar-refractivity contribution >= 4 is 12.3 Å². The largest absolute Gasteiger partial charge is 0.507 e. The number of aromatic carboxylic acids is 1. The summed E-state index contributed by atoms with van der Waals surface area (Å²) < 4.78 is 6.93. The molecule has 1 aliphatic rings. The topological polar surface area (TPSA) is 83.8 Å². The number of aldehydes is 1. The number of carboxylic acid groups (broad SMARTS) is 1. The van der Waals surface area contributed by atoms with Crippen LogP contribution in [0.4, 0.5) is 0 Å². The van der Waals surface area contributed by atoms with Crippen LogP contribution in [0.3, 0.4) is 0 Å². The van der Waals surface area contributed by atoms with Gasteiger partial charge in [-0.1, -0.05) is 85.7 Å². The summed E-state index contributed by atoms with van der Waals surface area (Å²) in [6.45, 7) is 17.5. The zero-order valence-electron chi connectivity index (χ0n) is 25.5. The van der Waals surface area contributed by atoms with Crippen molar-refractivity contribution in [1.29, 1.82) is 0 Å². The van der Waals surface area contributed by atoms with Gasteiger partial charge in [-0.15, -0.1) is 0 Å². The lowest BCUT2D eigenvalue weighted by Crippen LogP contribution is -2.27. The number of benzene rings is 4. The van der Waals surface area contributed by atoms with Gasteiger partial charge in [-0.3, -0.25) is 4.79 Å². The molecule has 0 radical (unpaired) electrons. The molecule has 0 saturated heterocycles. The molecule has 0 unspecified atom stereocenters. The summed E-state index contributed by atoms with van der Waals surface area (Å²) in [5.41, 5.74) is 7.42. The maximum atomic E-state index is 11.7. The third-order valence-electron chi connectivity index (χ3n) is 8.37. The molecule has 0 atom stereocenters. The number of ether oxygens (including phenoxy) is 1. The van der Waals surface area contributed by atoms with E-state index < -0.39 is 11.4 Å². The van der Waals surface area contributed by atoms with Gasteiger partial charge in [0.2, 0.25) is 0 Å². The van der Waals surface area contributed by atoms with Crippen molar-refractivity contribution < 1.29 is 24.5 Å². The van der Waals surface area contributed by atoms with E-state index in [4.69, 9.17) is 4.74 Å². The Kier molecular flexibility index (Phi) is 6.84. The Labute approximate surface area is 247 Å². The highest BCUT2D eigenvalue weighted by atomic mass is 16.5. The van der Waals surface area contributed by atoms with Crippen molar-refractivity contribution in [1.82, 2.24) is 0 Å². The molecule has 216 valence electrons. The number of phenols is 1. The Hall–Kier alpha value is -4.38. The van der Waals surface area contributed by atoms with Gasteiger partial charge in [0.15, 0.2) is 6.29 Å². The zero-order chi connectivity index (χ0) is 30.8. The molecule has 0 fully saturated rings. The number of aromatic hydroxyl groups is 1. The molecule has 5 nitrogen and oxygen atoms in total. The molecule has 2 N–H and O–H groups in total. The van der Waals surface area contributed by atoms with Crippen LogP contribution < -0.4 is 4.74 Å². The van der Waals surface area contributed by atoms with Crippen molar-refractivity contribution in [3.63, 3.8) is 0 Å². The number of hydrogen-bond acceptors (Lipinski definition) is 4. The van der Waals surface area contributed by atoms with Crippen LogP contribution >= 0.6 is 0 Å². The van der Waals surface area contributed by atoms with Crippen LogP contribution in [0.5, 0.6) is 17.2 Å². The van der Waals surface area contributed by atoms with E-state index in [0.29, 0.717) is 12.0 Å². The summed E-state index contributed by atoms with van der Waals surface area (Å²) >= 11 is 0. The fraction of sp³-hybridized carbons (Fsp3) is 0.297. The van der Waals surface area contributed by atoms with E-state index in [1.54, 1.807) is 24.3 Å². The van der Waals surface area contributed by atoms with Gasteiger partial charge >= 0.3 is 5.97 Å². The molecule has 5 heteroatoms. The molecule has 42 heavy (non-hydrogen) atoms. The molecule has 5 rings (SSSR count). The first kappa shape index (κ1) is 29.1. The first-order chi connectivity index (χ1) is 19.5. The fourth-order valence-corrected chi connectivity index (χ4v) is 5.56. The minimum atomic E-state index is -0.971. The third kappa shape index (κ3) is 4.98. The van der Waals surface area contributed by atoms with Gasteiger partial charge in [0.25, 0.3) is 0 Å². The molecule has 4 aromatic rings. The Morgan fingerprint density at radius 3 is 1.67 bits per heavy atom. The lowest BCUT2D eigenvalue weighted by Gasteiger charge is -2.39. The molecule has 4 aromatic carbocycles. The number of rotatable bonds is 4. The summed E-state index contributed by atoms with van der Waals surface area (Å²) in [4.78, 5) is 23.3. The Bertz CT molecular complexity index is 1730. The number of carbonyl (C=O) groups is 2. The van der Waals surface area contributed by atoms with Crippen LogP contribution in [-0.2, 0) is 16.2 Å². The molecule has 0 saturated carbocycles. The van der Waals surface area contributed by atoms with Gasteiger partial charge in [0.1, 0.15) is 17.2 Å². The summed E-state index contributed by atoms with van der Waals surface area (Å²) in [6, 6.07) is 20.7. The minimum absolute atomic E-state index is 0.0667. The van der Waals surface area contributed by atoms with Crippen molar-refractivity contribution in [2.45, 2.75) is 71.6 Å². The SMILES string of the molecule is CC(C)(C)c1cc(-c2ccc(C(=O)O)cc2)c2c(c1)C(C)(C)c1cc(C(C)(C)C)cc(-c3ccc(O)c(C=O)c3)c1O2. The number of carbonyl (C=O) groups excluding carboxylic acids is 1. The number of phenolic OH excluding ortho intramolecular Hbond substituents is 1. The van der Waals surface area contributed by atoms with Gasteiger partial charge in [-0.05, 0) is 69.5 Å². The van der Waals surface area contributed by atoms with Crippen LogP contribution in [0.1, 0.15) is 98.4 Å². The van der Waals surface area contributed by atoms with Gasteiger partial charge < -0.3 is 14.9 Å². The van der Waals surface area contributed by atoms with Crippen LogP contribution in [0, 0.1) is 0 Å². The Balaban J connectivity index is 1.84. The molecule has 0 amide bonds. The third-order valence-corrected chi connectivity index (χ3v) is 8.37. The average molecular weight is 563 g/mol. The molecule has 0 spiro atoms. The van der Waals surface area contributed by atoms with Crippen LogP contribution in [0.15, 0.2) is 66.7 Å². The van der Waals surface area contributed by atoms with Crippen LogP contribution in [-0.4, -0.2) is 22.5 Å². The lowest BCUT2D eigenvalue weighted by atomic mass is 9.70. The summed E-state index contributed by atoms with van der Waals surface area (Å²) in [5, 5.41) is 19.7. The number of carboxylic acids is 1. The molecule has 0 aromatic heterocycles. The van der Waals surface area contributed by atoms with Crippen LogP contribution in [0.25, 0.3) is 22.3 Å². The standard InChI is InChI=1S/C37H38O5/c1-35(2,3)25-16-27(21-9-11-22(12-10-21)34(40)41)32-29(18-25)37(7,8)30-19-26(36(4,5)6)17-28(33(30)42-32)23-13-14-31(39)24(15-23)20-38/h9-20,39H,1-8H3,(H,40,41). The second-order valence-electron chi connectivity index (χ2n) is 13.8. The highest BCUT2D eigenvalue weighted by Gasteiger charge is 2.39. The quantitative estimate of drug-likeness (QED) is 0.242. The first-order valence-corrected chi connectivity index (χ1v) is 14.2. The molecule has 0 aliphatic carbocycles. The van der Waals surface area contributed by atoms with Crippen molar-refractivity contribution in [2.24, 2.45) is 0 Å². The molecular weight excluding hydrogens is 524 g/mol. The second kappa shape index (κ2) is 9.87. The van der Waals surface area contributed by atoms with Crippen molar-refractivity contribution in [3.05, 3.63) is 100 Å². The smallest absolute Gasteiger partial charge is 0.335 e. The molecule has 1 heterocycles. The fourth-order valence-electron chi connectivity index (χ4n) is 5.56. The maximum absolute atomic E-state index is 11.7. The Morgan fingerprint density at radius 1 is 0.738 bits per heavy atom. The van der Waals surface area contributed by atoms with E-state index >= 15 is 0 Å². The van der Waals surface area contributed by atoms with Gasteiger partial charge in [-0.2, -0.15) is 0 Å².